The maximum atomic E-state index is 13.1. The van der Waals surface area contributed by atoms with Crippen LogP contribution in [0.5, 0.6) is 11.5 Å². The summed E-state index contributed by atoms with van der Waals surface area (Å²) in [5.74, 6) is 1.00. The molecule has 260 valence electrons. The molecule has 1 saturated heterocycles. The minimum absolute atomic E-state index is 0.0928. The van der Waals surface area contributed by atoms with Crippen LogP contribution in [0, 0.1) is 0 Å². The number of carbonyl (C=O) groups excluding carboxylic acids is 1. The van der Waals surface area contributed by atoms with Crippen molar-refractivity contribution < 1.29 is 24.1 Å². The molecular formula is C38H42N6O5S. The zero-order valence-corrected chi connectivity index (χ0v) is 28.9. The zero-order valence-electron chi connectivity index (χ0n) is 28.1. The van der Waals surface area contributed by atoms with Crippen LogP contribution in [-0.4, -0.2) is 84.1 Å². The number of ether oxygens (including phenoxy) is 3. The number of nitrogens with two attached hydrogens (primary N) is 1. The number of rotatable bonds is 17. The number of nitrogens with zero attached hydrogens (tertiary/aromatic N) is 4. The molecule has 3 heterocycles. The summed E-state index contributed by atoms with van der Waals surface area (Å²) in [6, 6.07) is 24.5. The predicted molar refractivity (Wildman–Crippen MR) is 194 cm³/mol. The van der Waals surface area contributed by atoms with E-state index in [1.54, 1.807) is 41.7 Å². The van der Waals surface area contributed by atoms with Crippen LogP contribution in [0.15, 0.2) is 84.2 Å². The van der Waals surface area contributed by atoms with Gasteiger partial charge in [-0.05, 0) is 67.9 Å². The quantitative estimate of drug-likeness (QED) is 0.0808. The summed E-state index contributed by atoms with van der Waals surface area (Å²) < 4.78 is 17.2. The molecule has 0 saturated carbocycles. The summed E-state index contributed by atoms with van der Waals surface area (Å²) in [6.45, 7) is 4.75. The molecule has 0 radical (unpaired) electrons. The lowest BCUT2D eigenvalue weighted by Crippen LogP contribution is -2.20. The fourth-order valence-corrected chi connectivity index (χ4v) is 6.81. The maximum Gasteiger partial charge on any atom is 0.212 e. The Hall–Kier alpha value is -4.72. The van der Waals surface area contributed by atoms with Crippen molar-refractivity contribution in [3.05, 3.63) is 106 Å². The van der Waals surface area contributed by atoms with Gasteiger partial charge >= 0.3 is 0 Å². The van der Waals surface area contributed by atoms with Crippen molar-refractivity contribution >= 4 is 22.9 Å². The third kappa shape index (κ3) is 9.09. The van der Waals surface area contributed by atoms with Crippen LogP contribution in [-0.2, 0) is 16.0 Å². The highest BCUT2D eigenvalue weighted by atomic mass is 32.1. The third-order valence-electron chi connectivity index (χ3n) is 8.54. The van der Waals surface area contributed by atoms with Gasteiger partial charge in [-0.15, -0.1) is 21.5 Å². The van der Waals surface area contributed by atoms with Gasteiger partial charge in [-0.25, -0.2) is 4.98 Å². The van der Waals surface area contributed by atoms with E-state index in [1.807, 2.05) is 53.9 Å². The molecule has 3 aromatic carbocycles. The van der Waals surface area contributed by atoms with E-state index in [1.165, 1.54) is 0 Å². The van der Waals surface area contributed by atoms with Crippen LogP contribution in [0.2, 0.25) is 0 Å². The molecule has 12 heteroatoms. The Balaban J connectivity index is 0.839. The molecule has 6 rings (SSSR count). The average molecular weight is 695 g/mol. The molecule has 0 amide bonds. The van der Waals surface area contributed by atoms with Gasteiger partial charge in [0, 0.05) is 35.2 Å². The molecule has 0 bridgehead atoms. The second-order valence-electron chi connectivity index (χ2n) is 12.1. The van der Waals surface area contributed by atoms with Crippen LogP contribution in [0.25, 0.3) is 22.4 Å². The largest absolute Gasteiger partial charge is 0.507 e. The number of para-hydroxylation sites is 1. The van der Waals surface area contributed by atoms with Gasteiger partial charge in [-0.1, -0.05) is 48.5 Å². The molecule has 1 aliphatic rings. The lowest BCUT2D eigenvalue weighted by Gasteiger charge is -2.16. The molecule has 2 aromatic heterocycles. The Morgan fingerprint density at radius 1 is 0.960 bits per heavy atom. The highest BCUT2D eigenvalue weighted by Crippen LogP contribution is 2.33. The van der Waals surface area contributed by atoms with Crippen LogP contribution >= 0.6 is 11.3 Å². The zero-order chi connectivity index (χ0) is 34.7. The van der Waals surface area contributed by atoms with E-state index in [9.17, 15) is 9.90 Å². The van der Waals surface area contributed by atoms with E-state index in [0.717, 1.165) is 41.1 Å². The van der Waals surface area contributed by atoms with E-state index in [2.05, 4.69) is 32.4 Å². The number of anilines is 1. The van der Waals surface area contributed by atoms with Crippen molar-refractivity contribution in [1.82, 2.24) is 25.4 Å². The highest BCUT2D eigenvalue weighted by Gasteiger charge is 2.26. The SMILES string of the molecule is CN1CCC[C@H]1c1nc(C(=O)c2cccc(OCCOCCOCCNCc3ccc(-c4cc(-c5ccccc5O)nnc4N)cc3)c2)cs1. The Kier molecular flexibility index (Phi) is 12.1. The summed E-state index contributed by atoms with van der Waals surface area (Å²) in [7, 11) is 2.11. The van der Waals surface area contributed by atoms with Gasteiger partial charge in [0.1, 0.15) is 28.8 Å². The van der Waals surface area contributed by atoms with Gasteiger partial charge < -0.3 is 30.4 Å². The maximum absolute atomic E-state index is 13.1. The number of phenols is 1. The molecular weight excluding hydrogens is 653 g/mol. The lowest BCUT2D eigenvalue weighted by molar-refractivity contribution is 0.0372. The summed E-state index contributed by atoms with van der Waals surface area (Å²) in [4.78, 5) is 20.0. The predicted octanol–water partition coefficient (Wildman–Crippen LogP) is 5.75. The van der Waals surface area contributed by atoms with Gasteiger partial charge in [-0.3, -0.25) is 9.69 Å². The van der Waals surface area contributed by atoms with Crippen molar-refractivity contribution in [2.75, 3.05) is 58.9 Å². The monoisotopic (exact) mass is 694 g/mol. The van der Waals surface area contributed by atoms with Crippen molar-refractivity contribution in [2.24, 2.45) is 0 Å². The first-order valence-electron chi connectivity index (χ1n) is 16.8. The molecule has 0 aliphatic carbocycles. The number of benzene rings is 3. The molecule has 11 nitrogen and oxygen atoms in total. The summed E-state index contributed by atoms with van der Waals surface area (Å²) in [5, 5.41) is 24.7. The first-order valence-corrected chi connectivity index (χ1v) is 17.6. The molecule has 1 fully saturated rings. The molecule has 0 unspecified atom stereocenters. The highest BCUT2D eigenvalue weighted by molar-refractivity contribution is 7.10. The van der Waals surface area contributed by atoms with Crippen LogP contribution in [0.4, 0.5) is 5.82 Å². The first kappa shape index (κ1) is 35.1. The number of likely N-dealkylation sites (tertiary alicyclic amines) is 1. The van der Waals surface area contributed by atoms with Crippen molar-refractivity contribution in [3.63, 3.8) is 0 Å². The van der Waals surface area contributed by atoms with Gasteiger partial charge in [0.25, 0.3) is 0 Å². The van der Waals surface area contributed by atoms with E-state index in [0.29, 0.717) is 86.2 Å². The van der Waals surface area contributed by atoms with Crippen molar-refractivity contribution in [1.29, 1.82) is 0 Å². The minimum Gasteiger partial charge on any atom is -0.507 e. The smallest absolute Gasteiger partial charge is 0.212 e. The molecule has 0 spiro atoms. The number of hydrogen-bond acceptors (Lipinski definition) is 12. The topological polar surface area (TPSA) is 145 Å². The summed E-state index contributed by atoms with van der Waals surface area (Å²) in [6.07, 6.45) is 2.24. The van der Waals surface area contributed by atoms with E-state index >= 15 is 0 Å². The standard InChI is InChI=1S/C38H42N6O5S/c1-44-16-5-9-34(44)38-41-33(25-50-38)36(46)28-6-4-7-29(22-28)49-21-20-48-19-18-47-17-15-40-24-26-11-13-27(14-12-26)31-23-32(42-43-37(31)39)30-8-2-3-10-35(30)45/h2-4,6-8,10-14,22-23,25,34,40,45H,5,9,15-21,24H2,1H3,(H2,39,43)/t34-/m0/s1. The van der Waals surface area contributed by atoms with E-state index < -0.39 is 0 Å². The average Bonchev–Trinajstić information content (AvgIpc) is 3.80. The van der Waals surface area contributed by atoms with Gasteiger partial charge in [0.15, 0.2) is 5.82 Å². The Bertz CT molecular complexity index is 1870. The van der Waals surface area contributed by atoms with Crippen LogP contribution < -0.4 is 15.8 Å². The van der Waals surface area contributed by atoms with E-state index in [4.69, 9.17) is 19.9 Å². The van der Waals surface area contributed by atoms with E-state index in [-0.39, 0.29) is 11.5 Å². The van der Waals surface area contributed by atoms with Crippen LogP contribution in [0.1, 0.15) is 45.5 Å². The van der Waals surface area contributed by atoms with Crippen molar-refractivity contribution in [3.8, 4) is 33.9 Å². The number of phenolic OH excluding ortho intramolecular Hbond substituents is 1. The number of nitrogen functional groups attached to an aromatic ring is 1. The first-order chi connectivity index (χ1) is 24.5. The van der Waals surface area contributed by atoms with Gasteiger partial charge in [0.2, 0.25) is 5.78 Å². The molecule has 50 heavy (non-hydrogen) atoms. The van der Waals surface area contributed by atoms with Gasteiger partial charge in [0.05, 0.1) is 38.2 Å². The van der Waals surface area contributed by atoms with Crippen LogP contribution in [0.3, 0.4) is 0 Å². The summed E-state index contributed by atoms with van der Waals surface area (Å²) in [5.41, 5.74) is 11.1. The Morgan fingerprint density at radius 3 is 2.56 bits per heavy atom. The number of carbonyl (C=O) groups is 1. The number of aromatic hydroxyl groups is 1. The minimum atomic E-state index is -0.0928. The number of nitrogens with one attached hydrogen (secondary N) is 1. The lowest BCUT2D eigenvalue weighted by atomic mass is 10.0. The van der Waals surface area contributed by atoms with Gasteiger partial charge in [-0.2, -0.15) is 0 Å². The molecule has 1 atom stereocenters. The second-order valence-corrected chi connectivity index (χ2v) is 12.9. The third-order valence-corrected chi connectivity index (χ3v) is 9.49. The number of aromatic nitrogens is 3. The summed E-state index contributed by atoms with van der Waals surface area (Å²) >= 11 is 1.56. The number of ketones is 1. The Morgan fingerprint density at radius 2 is 1.76 bits per heavy atom. The number of thiazole rings is 1. The fourth-order valence-electron chi connectivity index (χ4n) is 5.82. The Labute approximate surface area is 296 Å². The number of hydrogen-bond donors (Lipinski definition) is 3. The fraction of sp³-hybridized carbons (Fsp3) is 0.316. The normalized spacial score (nSPS) is 14.6. The molecule has 5 aromatic rings. The molecule has 1 aliphatic heterocycles. The van der Waals surface area contributed by atoms with Crippen molar-refractivity contribution in [2.45, 2.75) is 25.4 Å². The second kappa shape index (κ2) is 17.3. The molecule has 4 N–H and O–H groups in total.